The number of fused-ring (bicyclic) bond motifs is 1. The summed E-state index contributed by atoms with van der Waals surface area (Å²) in [6, 6.07) is 8.13. The highest BCUT2D eigenvalue weighted by molar-refractivity contribution is 5.67. The highest BCUT2D eigenvalue weighted by atomic mass is 16.4. The Bertz CT molecular complexity index is 376. The number of aliphatic carboxylic acids is 1. The largest absolute Gasteiger partial charge is 0.481 e. The molecular formula is C12H15NO2. The molecule has 1 heterocycles. The van der Waals surface area contributed by atoms with Crippen molar-refractivity contribution in [3.05, 3.63) is 29.8 Å². The van der Waals surface area contributed by atoms with E-state index in [-0.39, 0.29) is 12.3 Å². The van der Waals surface area contributed by atoms with Crippen molar-refractivity contribution in [3.8, 4) is 0 Å². The van der Waals surface area contributed by atoms with Crippen LogP contribution >= 0.6 is 0 Å². The smallest absolute Gasteiger partial charge is 0.303 e. The molecule has 2 N–H and O–H groups in total. The van der Waals surface area contributed by atoms with Gasteiger partial charge in [0.1, 0.15) is 0 Å². The van der Waals surface area contributed by atoms with Crippen LogP contribution in [0.25, 0.3) is 0 Å². The summed E-state index contributed by atoms with van der Waals surface area (Å²) in [4.78, 5) is 10.7. The van der Waals surface area contributed by atoms with Crippen molar-refractivity contribution in [1.29, 1.82) is 0 Å². The molecule has 0 saturated carbocycles. The molecule has 0 aromatic heterocycles. The zero-order valence-corrected chi connectivity index (χ0v) is 8.73. The molecule has 1 aromatic carbocycles. The summed E-state index contributed by atoms with van der Waals surface area (Å²) < 4.78 is 0. The molecule has 0 aliphatic carbocycles. The van der Waals surface area contributed by atoms with E-state index in [0.29, 0.717) is 5.92 Å². The van der Waals surface area contributed by atoms with Crippen LogP contribution in [0.5, 0.6) is 0 Å². The van der Waals surface area contributed by atoms with Crippen LogP contribution in [0.15, 0.2) is 24.3 Å². The van der Waals surface area contributed by atoms with Gasteiger partial charge in [0.25, 0.3) is 0 Å². The highest BCUT2D eigenvalue weighted by Gasteiger charge is 2.27. The first kappa shape index (κ1) is 10.0. The van der Waals surface area contributed by atoms with Gasteiger partial charge in [-0.15, -0.1) is 0 Å². The Morgan fingerprint density at radius 2 is 2.33 bits per heavy atom. The van der Waals surface area contributed by atoms with E-state index in [4.69, 9.17) is 5.11 Å². The lowest BCUT2D eigenvalue weighted by molar-refractivity contribution is -0.138. The molecule has 0 bridgehead atoms. The molecule has 0 fully saturated rings. The topological polar surface area (TPSA) is 49.3 Å². The van der Waals surface area contributed by atoms with Crippen LogP contribution in [0.1, 0.15) is 24.8 Å². The summed E-state index contributed by atoms with van der Waals surface area (Å²) >= 11 is 0. The fraction of sp³-hybridized carbons (Fsp3) is 0.417. The van der Waals surface area contributed by atoms with Gasteiger partial charge >= 0.3 is 5.97 Å². The van der Waals surface area contributed by atoms with Gasteiger partial charge in [-0.25, -0.2) is 0 Å². The maximum absolute atomic E-state index is 10.7. The predicted molar refractivity (Wildman–Crippen MR) is 59.1 cm³/mol. The van der Waals surface area contributed by atoms with Crippen LogP contribution < -0.4 is 5.32 Å². The number of hydrogen-bond acceptors (Lipinski definition) is 2. The first-order chi connectivity index (χ1) is 7.18. The number of anilines is 1. The number of carboxylic acid groups (broad SMARTS) is 1. The molecule has 0 spiro atoms. The Kier molecular flexibility index (Phi) is 2.62. The number of carboxylic acids is 1. The van der Waals surface area contributed by atoms with Crippen molar-refractivity contribution in [2.75, 3.05) is 11.9 Å². The average molecular weight is 205 g/mol. The van der Waals surface area contributed by atoms with Gasteiger partial charge in [-0.1, -0.05) is 25.1 Å². The van der Waals surface area contributed by atoms with Crippen molar-refractivity contribution in [2.24, 2.45) is 5.92 Å². The van der Waals surface area contributed by atoms with E-state index in [1.165, 1.54) is 5.56 Å². The standard InChI is InChI=1S/C12H15NO2/c1-8(6-12(14)15)10-7-13-11-5-3-2-4-9(10)11/h2-5,8,10,13H,6-7H2,1H3,(H,14,15). The van der Waals surface area contributed by atoms with Gasteiger partial charge in [0.05, 0.1) is 0 Å². The fourth-order valence-electron chi connectivity index (χ4n) is 2.24. The Morgan fingerprint density at radius 1 is 1.60 bits per heavy atom. The van der Waals surface area contributed by atoms with Crippen molar-refractivity contribution < 1.29 is 9.90 Å². The molecule has 1 aliphatic heterocycles. The van der Waals surface area contributed by atoms with Gasteiger partial charge in [-0.3, -0.25) is 4.79 Å². The molecule has 0 radical (unpaired) electrons. The van der Waals surface area contributed by atoms with Crippen LogP contribution in [0.4, 0.5) is 5.69 Å². The predicted octanol–water partition coefficient (Wildman–Crippen LogP) is 2.31. The maximum Gasteiger partial charge on any atom is 0.303 e. The second-order valence-corrected chi connectivity index (χ2v) is 4.15. The monoisotopic (exact) mass is 205 g/mol. The Morgan fingerprint density at radius 3 is 3.07 bits per heavy atom. The van der Waals surface area contributed by atoms with E-state index in [0.717, 1.165) is 12.2 Å². The molecule has 1 aliphatic rings. The van der Waals surface area contributed by atoms with Crippen LogP contribution in [0.3, 0.4) is 0 Å². The van der Waals surface area contributed by atoms with Crippen LogP contribution in [0, 0.1) is 5.92 Å². The average Bonchev–Trinajstić information content (AvgIpc) is 2.59. The molecule has 2 unspecified atom stereocenters. The van der Waals surface area contributed by atoms with E-state index in [9.17, 15) is 4.79 Å². The molecule has 3 nitrogen and oxygen atoms in total. The minimum Gasteiger partial charge on any atom is -0.481 e. The zero-order valence-electron chi connectivity index (χ0n) is 8.73. The third-order valence-electron chi connectivity index (χ3n) is 3.06. The van der Waals surface area contributed by atoms with E-state index < -0.39 is 5.97 Å². The number of benzene rings is 1. The van der Waals surface area contributed by atoms with Crippen LogP contribution in [0.2, 0.25) is 0 Å². The van der Waals surface area contributed by atoms with Crippen LogP contribution in [-0.2, 0) is 4.79 Å². The highest BCUT2D eigenvalue weighted by Crippen LogP contribution is 2.37. The summed E-state index contributed by atoms with van der Waals surface area (Å²) in [5, 5.41) is 12.1. The zero-order chi connectivity index (χ0) is 10.8. The van der Waals surface area contributed by atoms with Crippen molar-refractivity contribution in [3.63, 3.8) is 0 Å². The Hall–Kier alpha value is -1.51. The van der Waals surface area contributed by atoms with Gasteiger partial charge in [-0.05, 0) is 17.5 Å². The van der Waals surface area contributed by atoms with E-state index in [1.54, 1.807) is 0 Å². The van der Waals surface area contributed by atoms with Gasteiger partial charge in [0, 0.05) is 24.6 Å². The second-order valence-electron chi connectivity index (χ2n) is 4.15. The first-order valence-corrected chi connectivity index (χ1v) is 5.23. The molecule has 80 valence electrons. The SMILES string of the molecule is CC(CC(=O)O)C1CNc2ccccc21. The van der Waals surface area contributed by atoms with Gasteiger partial charge in [-0.2, -0.15) is 0 Å². The quantitative estimate of drug-likeness (QED) is 0.796. The van der Waals surface area contributed by atoms with Crippen molar-refractivity contribution in [1.82, 2.24) is 0 Å². The summed E-state index contributed by atoms with van der Waals surface area (Å²) in [7, 11) is 0. The molecular weight excluding hydrogens is 190 g/mol. The molecule has 3 heteroatoms. The second kappa shape index (κ2) is 3.93. The third kappa shape index (κ3) is 1.96. The van der Waals surface area contributed by atoms with Crippen LogP contribution in [-0.4, -0.2) is 17.6 Å². The van der Waals surface area contributed by atoms with Gasteiger partial charge in [0.15, 0.2) is 0 Å². The summed E-state index contributed by atoms with van der Waals surface area (Å²) in [5.41, 5.74) is 2.41. The molecule has 2 rings (SSSR count). The number of para-hydroxylation sites is 1. The summed E-state index contributed by atoms with van der Waals surface area (Å²) in [6.45, 7) is 2.86. The van der Waals surface area contributed by atoms with Crippen molar-refractivity contribution in [2.45, 2.75) is 19.3 Å². The number of rotatable bonds is 3. The number of carbonyl (C=O) groups is 1. The Balaban J connectivity index is 2.16. The molecule has 0 saturated heterocycles. The lowest BCUT2D eigenvalue weighted by Crippen LogP contribution is -2.15. The molecule has 0 amide bonds. The van der Waals surface area contributed by atoms with E-state index >= 15 is 0 Å². The Labute approximate surface area is 89.1 Å². The minimum atomic E-state index is -0.716. The lowest BCUT2D eigenvalue weighted by atomic mass is 9.87. The normalized spacial score (nSPS) is 20.5. The third-order valence-corrected chi connectivity index (χ3v) is 3.06. The number of nitrogens with one attached hydrogen (secondary N) is 1. The minimum absolute atomic E-state index is 0.179. The van der Waals surface area contributed by atoms with E-state index in [1.807, 2.05) is 25.1 Å². The fourth-order valence-corrected chi connectivity index (χ4v) is 2.24. The molecule has 2 atom stereocenters. The van der Waals surface area contributed by atoms with Crippen molar-refractivity contribution >= 4 is 11.7 Å². The molecule has 1 aromatic rings. The lowest BCUT2D eigenvalue weighted by Gasteiger charge is -2.17. The summed E-state index contributed by atoms with van der Waals surface area (Å²) in [6.07, 6.45) is 0.237. The molecule has 15 heavy (non-hydrogen) atoms. The first-order valence-electron chi connectivity index (χ1n) is 5.23. The van der Waals surface area contributed by atoms with Gasteiger partial charge < -0.3 is 10.4 Å². The van der Waals surface area contributed by atoms with Gasteiger partial charge in [0.2, 0.25) is 0 Å². The summed E-state index contributed by atoms with van der Waals surface area (Å²) in [5.74, 6) is -0.206. The van der Waals surface area contributed by atoms with E-state index in [2.05, 4.69) is 11.4 Å². The number of hydrogen-bond donors (Lipinski definition) is 2. The maximum atomic E-state index is 10.7.